The quantitative estimate of drug-likeness (QED) is 0.0339. The summed E-state index contributed by atoms with van der Waals surface area (Å²) in [6.45, 7) is 6.32. The summed E-state index contributed by atoms with van der Waals surface area (Å²) in [5.74, 6) is 0.543. The van der Waals surface area contributed by atoms with Crippen LogP contribution in [0, 0.1) is 5.82 Å². The van der Waals surface area contributed by atoms with Crippen molar-refractivity contribution in [2.45, 2.75) is 101 Å². The number of carbonyl (C=O) groups is 5. The maximum atomic E-state index is 13.7. The molecule has 8 rings (SSSR count). The van der Waals surface area contributed by atoms with E-state index >= 15 is 0 Å². The molecule has 15 nitrogen and oxygen atoms in total. The van der Waals surface area contributed by atoms with Crippen molar-refractivity contribution in [1.29, 1.82) is 0 Å². The average Bonchev–Trinajstić information content (AvgIpc) is 3.69. The number of rotatable bonds is 20. The number of nitrogens with zero attached hydrogens (tertiary/aromatic N) is 6. The minimum Gasteiger partial charge on any atom is -0.494 e. The second-order valence-electron chi connectivity index (χ2n) is 18.1. The first-order valence-electron chi connectivity index (χ1n) is 24.2. The summed E-state index contributed by atoms with van der Waals surface area (Å²) in [5.41, 5.74) is 3.25. The molecule has 69 heavy (non-hydrogen) atoms. The number of hydrogen-bond acceptors (Lipinski definition) is 12. The molecule has 3 fully saturated rings. The molecule has 4 aliphatic rings. The highest BCUT2D eigenvalue weighted by Gasteiger charge is 2.40. The molecule has 4 aliphatic heterocycles. The van der Waals surface area contributed by atoms with Crippen LogP contribution in [-0.4, -0.2) is 130 Å². The van der Waals surface area contributed by atoms with Gasteiger partial charge >= 0.3 is 0 Å². The van der Waals surface area contributed by atoms with Crippen LogP contribution in [0.2, 0.25) is 5.02 Å². The number of fused-ring (bicyclic) bond motifs is 2. The highest BCUT2D eigenvalue weighted by atomic mass is 35.5. The van der Waals surface area contributed by atoms with Crippen LogP contribution in [0.15, 0.2) is 71.9 Å². The van der Waals surface area contributed by atoms with Crippen LogP contribution in [-0.2, 0) is 25.7 Å². The van der Waals surface area contributed by atoms with Gasteiger partial charge in [-0.1, -0.05) is 55.8 Å². The predicted molar refractivity (Wildman–Crippen MR) is 266 cm³/mol. The standard InChI is InChI=1S/C51H61ClFN9O6S/c1-68-44-31-41-37(49(55-33-54-41)56-34-15-16-40(53)39(52)29-34)30-42(44)57-46(63)13-10-21-59-22-19-35(20-23-59)60-24-26-61(27-25-60)48(65)14-7-5-3-2-4-6-8-28-69-45-12-9-11-36-38(45)32-62(51(36)67)43-17-18-47(64)58-50(43)66/h9-13,15-16,29-31,33,35,43H,2-8,14,17-28,32H2,1H3,(H,57,63)(H,54,55,56)(H,58,64,66)/b13-10+. The summed E-state index contributed by atoms with van der Waals surface area (Å²) in [7, 11) is 1.53. The molecule has 1 unspecified atom stereocenters. The number of thioether (sulfide) groups is 1. The Balaban J connectivity index is 0.667. The zero-order valence-corrected chi connectivity index (χ0v) is 40.7. The number of aromatic nitrogens is 2. The summed E-state index contributed by atoms with van der Waals surface area (Å²) in [5, 5.41) is 9.07. The molecule has 0 bridgehead atoms. The van der Waals surface area contributed by atoms with E-state index in [2.05, 4.69) is 41.8 Å². The van der Waals surface area contributed by atoms with Gasteiger partial charge in [-0.2, -0.15) is 0 Å². The van der Waals surface area contributed by atoms with Gasteiger partial charge in [-0.3, -0.25) is 39.1 Å². The summed E-state index contributed by atoms with van der Waals surface area (Å²) in [6.07, 6.45) is 15.9. The molecule has 3 aromatic carbocycles. The number of imide groups is 1. The Labute approximate surface area is 411 Å². The number of piperazine rings is 1. The van der Waals surface area contributed by atoms with Crippen LogP contribution in [0.25, 0.3) is 10.9 Å². The third-order valence-corrected chi connectivity index (χ3v) is 15.1. The van der Waals surface area contributed by atoms with E-state index in [4.69, 9.17) is 16.3 Å². The van der Waals surface area contributed by atoms with Gasteiger partial charge in [-0.25, -0.2) is 14.4 Å². The number of unbranched alkanes of at least 4 members (excludes halogenated alkanes) is 6. The van der Waals surface area contributed by atoms with Crippen molar-refractivity contribution in [3.8, 4) is 5.75 Å². The number of amides is 5. The van der Waals surface area contributed by atoms with E-state index in [1.807, 2.05) is 23.1 Å². The number of benzene rings is 3. The van der Waals surface area contributed by atoms with Crippen LogP contribution < -0.4 is 20.7 Å². The summed E-state index contributed by atoms with van der Waals surface area (Å²) in [4.78, 5) is 81.7. The Morgan fingerprint density at radius 1 is 0.928 bits per heavy atom. The lowest BCUT2D eigenvalue weighted by molar-refractivity contribution is -0.137. The fourth-order valence-corrected chi connectivity index (χ4v) is 11.0. The van der Waals surface area contributed by atoms with E-state index in [0.29, 0.717) is 71.4 Å². The molecule has 1 atom stereocenters. The third kappa shape index (κ3) is 12.8. The number of likely N-dealkylation sites (tertiary alicyclic amines) is 1. The molecule has 5 heterocycles. The Morgan fingerprint density at radius 3 is 2.45 bits per heavy atom. The second-order valence-corrected chi connectivity index (χ2v) is 19.7. The second kappa shape index (κ2) is 23.8. The van der Waals surface area contributed by atoms with Gasteiger partial charge in [0.2, 0.25) is 23.6 Å². The first-order valence-corrected chi connectivity index (χ1v) is 25.6. The molecule has 366 valence electrons. The lowest BCUT2D eigenvalue weighted by Gasteiger charge is -2.42. The van der Waals surface area contributed by atoms with Gasteiger partial charge in [-0.05, 0) is 92.9 Å². The minimum absolute atomic E-state index is 0.0152. The van der Waals surface area contributed by atoms with Crippen LogP contribution in [0.3, 0.4) is 0 Å². The van der Waals surface area contributed by atoms with Crippen molar-refractivity contribution in [3.63, 3.8) is 0 Å². The number of piperidine rings is 2. The molecule has 3 N–H and O–H groups in total. The van der Waals surface area contributed by atoms with Gasteiger partial charge in [-0.15, -0.1) is 11.8 Å². The van der Waals surface area contributed by atoms with Gasteiger partial charge in [0.15, 0.2) is 0 Å². The van der Waals surface area contributed by atoms with Gasteiger partial charge in [0, 0.05) is 91.8 Å². The monoisotopic (exact) mass is 981 g/mol. The van der Waals surface area contributed by atoms with E-state index in [-0.39, 0.29) is 41.0 Å². The van der Waals surface area contributed by atoms with Crippen molar-refractivity contribution in [3.05, 3.63) is 89.0 Å². The molecule has 3 saturated heterocycles. The lowest BCUT2D eigenvalue weighted by Crippen LogP contribution is -2.54. The number of nitrogens with one attached hydrogen (secondary N) is 3. The lowest BCUT2D eigenvalue weighted by atomic mass is 10.0. The summed E-state index contributed by atoms with van der Waals surface area (Å²) < 4.78 is 19.3. The van der Waals surface area contributed by atoms with Gasteiger partial charge in [0.25, 0.3) is 5.91 Å². The average molecular weight is 983 g/mol. The van der Waals surface area contributed by atoms with Crippen LogP contribution >= 0.6 is 23.4 Å². The Morgan fingerprint density at radius 2 is 1.70 bits per heavy atom. The van der Waals surface area contributed by atoms with E-state index in [0.717, 1.165) is 113 Å². The van der Waals surface area contributed by atoms with Gasteiger partial charge < -0.3 is 25.2 Å². The first kappa shape index (κ1) is 49.8. The third-order valence-electron chi connectivity index (χ3n) is 13.6. The normalized spacial score (nSPS) is 18.2. The van der Waals surface area contributed by atoms with E-state index in [1.165, 1.54) is 25.6 Å². The SMILES string of the molecule is COc1cc2ncnc(Nc3ccc(F)c(Cl)c3)c2cc1NC(=O)/C=C/CN1CCC(N2CCN(C(=O)CCCCCCCCCSc3cccc4c3CN(C3CCC(=O)NC3=O)C4=O)CC2)CC1. The molecular weight excluding hydrogens is 921 g/mol. The van der Waals surface area contributed by atoms with Crippen molar-refractivity contribution in [1.82, 2.24) is 34.9 Å². The Bertz CT molecular complexity index is 2550. The van der Waals surface area contributed by atoms with E-state index < -0.39 is 11.9 Å². The van der Waals surface area contributed by atoms with E-state index in [9.17, 15) is 28.4 Å². The first-order chi connectivity index (χ1) is 33.5. The number of ether oxygens (including phenoxy) is 1. The topological polar surface area (TPSA) is 169 Å². The van der Waals surface area contributed by atoms with Crippen molar-refractivity contribution in [2.75, 3.05) is 69.3 Å². The number of anilines is 3. The molecular formula is C51H61ClFN9O6S. The number of carbonyl (C=O) groups excluding carboxylic acids is 5. The van der Waals surface area contributed by atoms with E-state index in [1.54, 1.807) is 40.9 Å². The smallest absolute Gasteiger partial charge is 0.255 e. The highest BCUT2D eigenvalue weighted by Crippen LogP contribution is 2.36. The number of halogens is 2. The fourth-order valence-electron chi connectivity index (χ4n) is 9.74. The molecule has 5 amide bonds. The molecule has 0 aliphatic carbocycles. The zero-order valence-electron chi connectivity index (χ0n) is 39.2. The minimum atomic E-state index is -0.600. The fraction of sp³-hybridized carbons (Fsp3) is 0.471. The Kier molecular flexibility index (Phi) is 17.2. The molecule has 0 saturated carbocycles. The largest absolute Gasteiger partial charge is 0.494 e. The Hall–Kier alpha value is -5.62. The van der Waals surface area contributed by atoms with Crippen molar-refractivity contribution in [2.24, 2.45) is 0 Å². The predicted octanol–water partition coefficient (Wildman–Crippen LogP) is 7.95. The zero-order chi connectivity index (χ0) is 48.3. The number of methoxy groups -OCH3 is 1. The summed E-state index contributed by atoms with van der Waals surface area (Å²) in [6, 6.07) is 13.5. The van der Waals surface area contributed by atoms with Crippen LogP contribution in [0.4, 0.5) is 21.6 Å². The molecule has 0 radical (unpaired) electrons. The number of hydrogen-bond donors (Lipinski definition) is 3. The highest BCUT2D eigenvalue weighted by molar-refractivity contribution is 7.99. The van der Waals surface area contributed by atoms with Crippen molar-refractivity contribution >= 4 is 81.0 Å². The van der Waals surface area contributed by atoms with Crippen molar-refractivity contribution < 1.29 is 33.1 Å². The molecule has 0 spiro atoms. The maximum Gasteiger partial charge on any atom is 0.255 e. The maximum absolute atomic E-state index is 13.7. The van der Waals surface area contributed by atoms with Crippen LogP contribution in [0.5, 0.6) is 5.75 Å². The molecule has 18 heteroatoms. The summed E-state index contributed by atoms with van der Waals surface area (Å²) >= 11 is 7.75. The van der Waals surface area contributed by atoms with Gasteiger partial charge in [0.1, 0.15) is 29.8 Å². The molecule has 4 aromatic rings. The van der Waals surface area contributed by atoms with Crippen LogP contribution in [0.1, 0.15) is 93.0 Å². The molecule has 1 aromatic heterocycles. The van der Waals surface area contributed by atoms with Gasteiger partial charge in [0.05, 0.1) is 23.3 Å².